The van der Waals surface area contributed by atoms with Crippen molar-refractivity contribution in [2.75, 3.05) is 7.05 Å². The zero-order chi connectivity index (χ0) is 26.4. The van der Waals surface area contributed by atoms with Crippen LogP contribution in [0.1, 0.15) is 61.4 Å². The number of allylic oxidation sites excluding steroid dienone is 2. The van der Waals surface area contributed by atoms with E-state index in [1.54, 1.807) is 19.4 Å². The van der Waals surface area contributed by atoms with E-state index in [0.29, 0.717) is 28.1 Å². The van der Waals surface area contributed by atoms with Crippen molar-refractivity contribution in [2.24, 2.45) is 10.9 Å². The lowest BCUT2D eigenvalue weighted by atomic mass is 9.88. The fourth-order valence-electron chi connectivity index (χ4n) is 4.81. The number of carbonyl (C=O) groups excluding carboxylic acids is 1. The lowest BCUT2D eigenvalue weighted by Gasteiger charge is -2.21. The van der Waals surface area contributed by atoms with E-state index in [-0.39, 0.29) is 18.4 Å². The molecule has 1 amide bonds. The molecule has 6 nitrogen and oxygen atoms in total. The normalized spacial score (nSPS) is 15.2. The number of hydrogen-bond donors (Lipinski definition) is 1. The van der Waals surface area contributed by atoms with Gasteiger partial charge in [-0.05, 0) is 44.4 Å². The summed E-state index contributed by atoms with van der Waals surface area (Å²) in [6.07, 6.45) is 10.5. The molecule has 0 saturated heterocycles. The van der Waals surface area contributed by atoms with Gasteiger partial charge in [0, 0.05) is 54.1 Å². The number of aromatic nitrogens is 2. The third kappa shape index (κ3) is 6.31. The predicted molar refractivity (Wildman–Crippen MR) is 151 cm³/mol. The van der Waals surface area contributed by atoms with Crippen LogP contribution < -0.4 is 10.1 Å². The Labute approximate surface area is 228 Å². The number of pyridine rings is 2. The van der Waals surface area contributed by atoms with Gasteiger partial charge in [-0.1, -0.05) is 60.7 Å². The number of halogens is 2. The van der Waals surface area contributed by atoms with Crippen molar-refractivity contribution >= 4 is 45.7 Å². The molecule has 3 aromatic rings. The van der Waals surface area contributed by atoms with Crippen LogP contribution in [0.15, 0.2) is 52.8 Å². The van der Waals surface area contributed by atoms with Crippen molar-refractivity contribution in [3.63, 3.8) is 0 Å². The highest BCUT2D eigenvalue weighted by Crippen LogP contribution is 2.31. The second-order valence-electron chi connectivity index (χ2n) is 9.27. The molecular weight excluding hydrogens is 507 g/mol. The second kappa shape index (κ2) is 12.5. The third-order valence-electron chi connectivity index (χ3n) is 6.78. The topological polar surface area (TPSA) is 76.5 Å². The first-order chi connectivity index (χ1) is 17.9. The van der Waals surface area contributed by atoms with E-state index in [0.717, 1.165) is 59.0 Å². The molecule has 0 atom stereocenters. The Balaban J connectivity index is 1.59. The van der Waals surface area contributed by atoms with E-state index in [1.807, 2.05) is 44.2 Å². The number of ether oxygens (including phenoxy) is 1. The summed E-state index contributed by atoms with van der Waals surface area (Å²) < 4.78 is 6.29. The summed E-state index contributed by atoms with van der Waals surface area (Å²) in [6, 6.07) is 7.78. The van der Waals surface area contributed by atoms with E-state index in [9.17, 15) is 4.79 Å². The number of carbonyl (C=O) groups is 1. The molecule has 4 rings (SSSR count). The van der Waals surface area contributed by atoms with E-state index < -0.39 is 0 Å². The molecule has 1 saturated carbocycles. The Hall–Kier alpha value is -2.96. The van der Waals surface area contributed by atoms with Gasteiger partial charge in [-0.15, -0.1) is 0 Å². The van der Waals surface area contributed by atoms with Crippen molar-refractivity contribution in [1.29, 1.82) is 0 Å². The summed E-state index contributed by atoms with van der Waals surface area (Å²) in [6.45, 7) is 4.39. The van der Waals surface area contributed by atoms with Crippen molar-refractivity contribution in [1.82, 2.24) is 15.3 Å². The summed E-state index contributed by atoms with van der Waals surface area (Å²) in [5.41, 5.74) is 4.77. The first-order valence-corrected chi connectivity index (χ1v) is 13.4. The Morgan fingerprint density at radius 3 is 2.76 bits per heavy atom. The molecule has 0 spiro atoms. The minimum Gasteiger partial charge on any atom is -0.487 e. The molecule has 1 N–H and O–H groups in total. The van der Waals surface area contributed by atoms with Gasteiger partial charge in [0.25, 0.3) is 0 Å². The number of hydrogen-bond acceptors (Lipinski definition) is 5. The number of aryl methyl sites for hydroxylation is 1. The smallest absolute Gasteiger partial charge is 0.223 e. The Morgan fingerprint density at radius 1 is 1.24 bits per heavy atom. The standard InChI is InChI=1S/C29H32Cl2N4O2/c1-4-24(30)27(32-3)22-13-18(2)35-28-21(22)11-8-12-26(28)37-17-23-20(14-33-16-25(23)31)15-34-29(36)19-9-6-5-7-10-19/h4,8,11-14,16,19H,5-7,9-10,15,17H2,1-3H3,(H,34,36)/b24-4+,32-27?. The minimum atomic E-state index is 0.0902. The second-order valence-corrected chi connectivity index (χ2v) is 10.1. The van der Waals surface area contributed by atoms with Crippen LogP contribution in [0.2, 0.25) is 5.02 Å². The number of amides is 1. The number of fused-ring (bicyclic) bond motifs is 1. The maximum absolute atomic E-state index is 12.7. The molecule has 0 bridgehead atoms. The number of para-hydroxylation sites is 1. The van der Waals surface area contributed by atoms with Crippen molar-refractivity contribution in [3.05, 3.63) is 75.2 Å². The zero-order valence-electron chi connectivity index (χ0n) is 21.5. The van der Waals surface area contributed by atoms with E-state index >= 15 is 0 Å². The molecule has 1 aliphatic carbocycles. The van der Waals surface area contributed by atoms with Gasteiger partial charge < -0.3 is 10.1 Å². The Bertz CT molecular complexity index is 1350. The number of benzene rings is 1. The van der Waals surface area contributed by atoms with Gasteiger partial charge in [-0.25, -0.2) is 4.98 Å². The zero-order valence-corrected chi connectivity index (χ0v) is 23.0. The number of nitrogens with zero attached hydrogens (tertiary/aromatic N) is 3. The van der Waals surface area contributed by atoms with Gasteiger partial charge in [0.15, 0.2) is 0 Å². The average Bonchev–Trinajstić information content (AvgIpc) is 2.92. The number of nitrogens with one attached hydrogen (secondary N) is 1. The van der Waals surface area contributed by atoms with E-state index in [2.05, 4.69) is 15.3 Å². The summed E-state index contributed by atoms with van der Waals surface area (Å²) in [5, 5.41) is 5.04. The summed E-state index contributed by atoms with van der Waals surface area (Å²) in [4.78, 5) is 26.1. The van der Waals surface area contributed by atoms with Crippen LogP contribution >= 0.6 is 23.2 Å². The molecule has 194 valence electrons. The van der Waals surface area contributed by atoms with Crippen molar-refractivity contribution in [3.8, 4) is 5.75 Å². The Morgan fingerprint density at radius 2 is 2.03 bits per heavy atom. The van der Waals surface area contributed by atoms with Crippen LogP contribution in [-0.4, -0.2) is 28.6 Å². The highest BCUT2D eigenvalue weighted by atomic mass is 35.5. The number of rotatable bonds is 8. The first-order valence-electron chi connectivity index (χ1n) is 12.6. The largest absolute Gasteiger partial charge is 0.487 e. The van der Waals surface area contributed by atoms with Gasteiger partial charge in [-0.2, -0.15) is 0 Å². The molecular formula is C29H32Cl2N4O2. The highest BCUT2D eigenvalue weighted by molar-refractivity contribution is 6.47. The van der Waals surface area contributed by atoms with Crippen LogP contribution in [0.25, 0.3) is 10.9 Å². The molecule has 8 heteroatoms. The van der Waals surface area contributed by atoms with Crippen LogP contribution in [0, 0.1) is 12.8 Å². The first kappa shape index (κ1) is 27.1. The van der Waals surface area contributed by atoms with Gasteiger partial charge in [0.1, 0.15) is 17.9 Å². The molecule has 2 aromatic heterocycles. The highest BCUT2D eigenvalue weighted by Gasteiger charge is 2.21. The molecule has 1 aromatic carbocycles. The monoisotopic (exact) mass is 538 g/mol. The molecule has 0 aliphatic heterocycles. The lowest BCUT2D eigenvalue weighted by molar-refractivity contribution is -0.126. The summed E-state index contributed by atoms with van der Waals surface area (Å²) in [7, 11) is 1.73. The summed E-state index contributed by atoms with van der Waals surface area (Å²) >= 11 is 13.0. The van der Waals surface area contributed by atoms with E-state index in [1.165, 1.54) is 6.42 Å². The van der Waals surface area contributed by atoms with Crippen LogP contribution in [0.5, 0.6) is 5.75 Å². The quantitative estimate of drug-likeness (QED) is 0.315. The fraction of sp³-hybridized carbons (Fsp3) is 0.379. The minimum absolute atomic E-state index is 0.0902. The lowest BCUT2D eigenvalue weighted by Crippen LogP contribution is -2.31. The molecule has 0 unspecified atom stereocenters. The van der Waals surface area contributed by atoms with Crippen LogP contribution in [0.4, 0.5) is 0 Å². The fourth-order valence-corrected chi connectivity index (χ4v) is 5.23. The van der Waals surface area contributed by atoms with Crippen molar-refractivity contribution < 1.29 is 9.53 Å². The molecule has 37 heavy (non-hydrogen) atoms. The van der Waals surface area contributed by atoms with Crippen molar-refractivity contribution in [2.45, 2.75) is 59.1 Å². The van der Waals surface area contributed by atoms with E-state index in [4.69, 9.17) is 32.9 Å². The molecule has 0 radical (unpaired) electrons. The van der Waals surface area contributed by atoms with Crippen LogP contribution in [-0.2, 0) is 17.9 Å². The average molecular weight is 540 g/mol. The Kier molecular flexibility index (Phi) is 9.17. The molecule has 1 aliphatic rings. The van der Waals surface area contributed by atoms with Gasteiger partial charge in [0.2, 0.25) is 5.91 Å². The third-order valence-corrected chi connectivity index (χ3v) is 7.51. The van der Waals surface area contributed by atoms with Gasteiger partial charge in [0.05, 0.1) is 15.8 Å². The van der Waals surface area contributed by atoms with Crippen LogP contribution in [0.3, 0.4) is 0 Å². The number of aliphatic imine (C=N–C) groups is 1. The predicted octanol–water partition coefficient (Wildman–Crippen LogP) is 6.93. The van der Waals surface area contributed by atoms with Gasteiger partial charge in [-0.3, -0.25) is 14.8 Å². The maximum atomic E-state index is 12.7. The maximum Gasteiger partial charge on any atom is 0.223 e. The van der Waals surface area contributed by atoms with Gasteiger partial charge >= 0.3 is 0 Å². The molecule has 2 heterocycles. The SMILES string of the molecule is C/C=C(/Cl)C(=NC)c1cc(C)nc2c(OCc3c(Cl)cncc3CNC(=O)C3CCCCC3)cccc12. The molecule has 1 fully saturated rings. The summed E-state index contributed by atoms with van der Waals surface area (Å²) in [5.74, 6) is 0.813.